The summed E-state index contributed by atoms with van der Waals surface area (Å²) < 4.78 is 0. The van der Waals surface area contributed by atoms with Gasteiger partial charge in [0.2, 0.25) is 0 Å². The second-order valence-electron chi connectivity index (χ2n) is 7.50. The Bertz CT molecular complexity index is 469. The number of piperidine rings is 1. The number of nitrogens with zero attached hydrogens (tertiary/aromatic N) is 1. The molecule has 2 aliphatic rings. The van der Waals surface area contributed by atoms with Gasteiger partial charge in [0, 0.05) is 18.5 Å². The molecule has 1 N–H and O–H groups in total. The van der Waals surface area contributed by atoms with Crippen LogP contribution in [0, 0.1) is 5.41 Å². The number of unbranched alkanes of at least 4 members (excludes halogenated alkanes) is 1. The first-order chi connectivity index (χ1) is 10.7. The number of aliphatic hydroxyl groups excluding tert-OH is 1. The molecular weight excluding hydrogens is 270 g/mol. The zero-order chi connectivity index (χ0) is 15.4. The van der Waals surface area contributed by atoms with E-state index in [1.165, 1.54) is 62.6 Å². The van der Waals surface area contributed by atoms with Crippen molar-refractivity contribution in [2.24, 2.45) is 5.41 Å². The fourth-order valence-corrected chi connectivity index (χ4v) is 4.44. The Hall–Kier alpha value is -0.860. The predicted octanol–water partition coefficient (Wildman–Crippen LogP) is 4.16. The summed E-state index contributed by atoms with van der Waals surface area (Å²) in [6.45, 7) is 5.57. The maximum Gasteiger partial charge on any atom is 0.0608 e. The Balaban J connectivity index is 1.58. The van der Waals surface area contributed by atoms with Crippen LogP contribution in [-0.2, 0) is 13.0 Å². The molecule has 2 atom stereocenters. The van der Waals surface area contributed by atoms with Crippen LogP contribution in [0.4, 0.5) is 0 Å². The summed E-state index contributed by atoms with van der Waals surface area (Å²) in [5.41, 5.74) is 3.09. The molecule has 22 heavy (non-hydrogen) atoms. The van der Waals surface area contributed by atoms with E-state index in [0.717, 1.165) is 19.5 Å². The lowest BCUT2D eigenvalue weighted by Crippen LogP contribution is -2.46. The maximum atomic E-state index is 10.4. The minimum Gasteiger partial charge on any atom is -0.393 e. The minimum absolute atomic E-state index is 0.0632. The molecule has 1 aromatic rings. The molecule has 0 radical (unpaired) electrons. The average Bonchev–Trinajstić information content (AvgIpc) is 2.87. The molecule has 1 saturated heterocycles. The summed E-state index contributed by atoms with van der Waals surface area (Å²) in [6.07, 6.45) is 9.60. The van der Waals surface area contributed by atoms with Crippen molar-refractivity contribution in [3.8, 4) is 0 Å². The highest BCUT2D eigenvalue weighted by atomic mass is 16.3. The number of hydrogen-bond donors (Lipinski definition) is 1. The third-order valence-corrected chi connectivity index (χ3v) is 5.79. The first-order valence-electron chi connectivity index (χ1n) is 9.20. The molecule has 0 aromatic heterocycles. The minimum atomic E-state index is -0.0632. The van der Waals surface area contributed by atoms with Gasteiger partial charge >= 0.3 is 0 Å². The molecule has 1 aromatic carbocycles. The number of hydrogen-bond acceptors (Lipinski definition) is 2. The Morgan fingerprint density at radius 3 is 2.55 bits per heavy atom. The Labute approximate surface area is 135 Å². The average molecular weight is 301 g/mol. The van der Waals surface area contributed by atoms with Crippen LogP contribution in [0.25, 0.3) is 0 Å². The van der Waals surface area contributed by atoms with Crippen molar-refractivity contribution < 1.29 is 5.11 Å². The summed E-state index contributed by atoms with van der Waals surface area (Å²) in [7, 11) is 0. The van der Waals surface area contributed by atoms with Gasteiger partial charge < -0.3 is 5.11 Å². The van der Waals surface area contributed by atoms with Crippen molar-refractivity contribution in [3.05, 3.63) is 35.4 Å². The van der Waals surface area contributed by atoms with E-state index >= 15 is 0 Å². The van der Waals surface area contributed by atoms with Crippen molar-refractivity contribution >= 4 is 0 Å². The summed E-state index contributed by atoms with van der Waals surface area (Å²) in [5.74, 6) is 0. The summed E-state index contributed by atoms with van der Waals surface area (Å²) in [6, 6.07) is 9.21. The zero-order valence-electron chi connectivity index (χ0n) is 14.1. The van der Waals surface area contributed by atoms with Crippen molar-refractivity contribution in [1.29, 1.82) is 0 Å². The van der Waals surface area contributed by atoms with Crippen LogP contribution in [-0.4, -0.2) is 29.2 Å². The normalized spacial score (nSPS) is 29.3. The molecule has 2 heteroatoms. The third kappa shape index (κ3) is 3.55. The van der Waals surface area contributed by atoms with E-state index in [1.807, 2.05) is 0 Å². The molecule has 1 aliphatic heterocycles. The molecule has 3 rings (SSSR count). The number of benzene rings is 1. The van der Waals surface area contributed by atoms with Gasteiger partial charge in [-0.2, -0.15) is 0 Å². The molecule has 2 fully saturated rings. The van der Waals surface area contributed by atoms with Crippen LogP contribution >= 0.6 is 0 Å². The molecule has 1 saturated carbocycles. The SMILES string of the molecule is CCCCc1ccc(CN2CCC[C@]3(CCC[C@H]3O)C2)cc1. The van der Waals surface area contributed by atoms with Crippen LogP contribution in [0.1, 0.15) is 63.0 Å². The van der Waals surface area contributed by atoms with Gasteiger partial charge in [0.25, 0.3) is 0 Å². The third-order valence-electron chi connectivity index (χ3n) is 5.79. The number of aliphatic hydroxyl groups is 1. The van der Waals surface area contributed by atoms with Crippen molar-refractivity contribution in [2.75, 3.05) is 13.1 Å². The van der Waals surface area contributed by atoms with E-state index in [0.29, 0.717) is 0 Å². The topological polar surface area (TPSA) is 23.5 Å². The zero-order valence-corrected chi connectivity index (χ0v) is 14.1. The highest BCUT2D eigenvalue weighted by Crippen LogP contribution is 2.45. The van der Waals surface area contributed by atoms with Gasteiger partial charge in [0.1, 0.15) is 0 Å². The van der Waals surface area contributed by atoms with E-state index in [2.05, 4.69) is 36.1 Å². The largest absolute Gasteiger partial charge is 0.393 e. The molecule has 1 spiro atoms. The molecule has 0 unspecified atom stereocenters. The second-order valence-corrected chi connectivity index (χ2v) is 7.50. The van der Waals surface area contributed by atoms with Gasteiger partial charge in [-0.1, -0.05) is 44.0 Å². The lowest BCUT2D eigenvalue weighted by molar-refractivity contribution is -0.0120. The monoisotopic (exact) mass is 301 g/mol. The molecule has 0 amide bonds. The van der Waals surface area contributed by atoms with Crippen molar-refractivity contribution in [3.63, 3.8) is 0 Å². The van der Waals surface area contributed by atoms with Crippen LogP contribution in [0.15, 0.2) is 24.3 Å². The summed E-state index contributed by atoms with van der Waals surface area (Å²) in [4.78, 5) is 2.57. The van der Waals surface area contributed by atoms with Crippen LogP contribution in [0.3, 0.4) is 0 Å². The first kappa shape index (κ1) is 16.0. The molecule has 1 aliphatic carbocycles. The molecule has 122 valence electrons. The first-order valence-corrected chi connectivity index (χ1v) is 9.20. The van der Waals surface area contributed by atoms with E-state index in [1.54, 1.807) is 0 Å². The highest BCUT2D eigenvalue weighted by molar-refractivity contribution is 5.22. The van der Waals surface area contributed by atoms with Crippen molar-refractivity contribution in [1.82, 2.24) is 4.90 Å². The highest BCUT2D eigenvalue weighted by Gasteiger charge is 2.44. The maximum absolute atomic E-state index is 10.4. The van der Waals surface area contributed by atoms with Crippen LogP contribution < -0.4 is 0 Å². The smallest absolute Gasteiger partial charge is 0.0608 e. The van der Waals surface area contributed by atoms with Gasteiger partial charge in [0.15, 0.2) is 0 Å². The summed E-state index contributed by atoms with van der Waals surface area (Å²) in [5, 5.41) is 10.4. The van der Waals surface area contributed by atoms with E-state index in [9.17, 15) is 5.11 Å². The van der Waals surface area contributed by atoms with Gasteiger partial charge in [0.05, 0.1) is 6.10 Å². The lowest BCUT2D eigenvalue weighted by Gasteiger charge is -2.42. The van der Waals surface area contributed by atoms with Gasteiger partial charge in [-0.05, 0) is 56.2 Å². The Morgan fingerprint density at radius 2 is 1.86 bits per heavy atom. The van der Waals surface area contributed by atoms with Crippen LogP contribution in [0.5, 0.6) is 0 Å². The van der Waals surface area contributed by atoms with Gasteiger partial charge in [-0.15, -0.1) is 0 Å². The van der Waals surface area contributed by atoms with Gasteiger partial charge in [-0.25, -0.2) is 0 Å². The summed E-state index contributed by atoms with van der Waals surface area (Å²) >= 11 is 0. The fourth-order valence-electron chi connectivity index (χ4n) is 4.44. The van der Waals surface area contributed by atoms with E-state index in [4.69, 9.17) is 0 Å². The Kier molecular flexibility index (Phi) is 5.20. The molecule has 1 heterocycles. The van der Waals surface area contributed by atoms with E-state index in [-0.39, 0.29) is 11.5 Å². The van der Waals surface area contributed by atoms with Crippen molar-refractivity contribution in [2.45, 2.75) is 70.9 Å². The quantitative estimate of drug-likeness (QED) is 0.883. The second kappa shape index (κ2) is 7.14. The van der Waals surface area contributed by atoms with E-state index < -0.39 is 0 Å². The molecule has 2 nitrogen and oxygen atoms in total. The molecular formula is C20H31NO. The lowest BCUT2D eigenvalue weighted by atomic mass is 9.76. The van der Waals surface area contributed by atoms with Crippen LogP contribution in [0.2, 0.25) is 0 Å². The number of rotatable bonds is 5. The number of likely N-dealkylation sites (tertiary alicyclic amines) is 1. The standard InChI is InChI=1S/C20H31NO/c1-2-3-6-17-8-10-18(11-9-17)15-21-14-5-13-20(16-21)12-4-7-19(20)22/h8-11,19,22H,2-7,12-16H2,1H3/t19-,20-/m1/s1. The number of aryl methyl sites for hydroxylation is 1. The fraction of sp³-hybridized carbons (Fsp3) is 0.700. The molecule has 0 bridgehead atoms. The van der Waals surface area contributed by atoms with Gasteiger partial charge in [-0.3, -0.25) is 4.90 Å². The Morgan fingerprint density at radius 1 is 1.14 bits per heavy atom. The predicted molar refractivity (Wildman–Crippen MR) is 91.9 cm³/mol.